The third-order valence-corrected chi connectivity index (χ3v) is 5.16. The first kappa shape index (κ1) is 20.2. The summed E-state index contributed by atoms with van der Waals surface area (Å²) in [5.74, 6) is 0.928. The second-order valence-corrected chi connectivity index (χ2v) is 7.47. The molecule has 1 saturated heterocycles. The van der Waals surface area contributed by atoms with Crippen LogP contribution in [0.5, 0.6) is 0 Å². The van der Waals surface area contributed by atoms with Crippen LogP contribution in [0.15, 0.2) is 60.4 Å². The van der Waals surface area contributed by atoms with Gasteiger partial charge in [0.15, 0.2) is 5.96 Å². The first-order chi connectivity index (χ1) is 14.7. The molecule has 8 heteroatoms. The maximum atomic E-state index is 5.97. The van der Waals surface area contributed by atoms with E-state index in [0.29, 0.717) is 13.2 Å². The fourth-order valence-corrected chi connectivity index (χ4v) is 3.58. The van der Waals surface area contributed by atoms with Crippen LogP contribution in [0.3, 0.4) is 0 Å². The lowest BCUT2D eigenvalue weighted by atomic mass is 10.1. The third kappa shape index (κ3) is 5.07. The molecule has 0 aliphatic carbocycles. The number of imidazole rings is 1. The highest BCUT2D eigenvalue weighted by molar-refractivity contribution is 5.80. The van der Waals surface area contributed by atoms with Gasteiger partial charge in [-0.05, 0) is 18.1 Å². The number of aromatic nitrogens is 4. The van der Waals surface area contributed by atoms with E-state index in [1.54, 1.807) is 6.20 Å². The van der Waals surface area contributed by atoms with Gasteiger partial charge < -0.3 is 19.5 Å². The first-order valence-electron chi connectivity index (χ1n) is 10.4. The van der Waals surface area contributed by atoms with E-state index in [1.165, 1.54) is 11.1 Å². The van der Waals surface area contributed by atoms with Gasteiger partial charge in [-0.25, -0.2) is 9.98 Å². The molecular weight excluding hydrogens is 378 g/mol. The molecule has 0 radical (unpaired) electrons. The molecule has 1 fully saturated rings. The minimum atomic E-state index is 0.0127. The minimum absolute atomic E-state index is 0.0127. The van der Waals surface area contributed by atoms with E-state index in [0.717, 1.165) is 37.7 Å². The molecule has 1 N–H and O–H groups in total. The highest BCUT2D eigenvalue weighted by Crippen LogP contribution is 2.21. The van der Waals surface area contributed by atoms with E-state index in [-0.39, 0.29) is 6.10 Å². The number of rotatable bonds is 6. The van der Waals surface area contributed by atoms with Crippen LogP contribution in [0.4, 0.5) is 0 Å². The number of aryl methyl sites for hydroxylation is 1. The van der Waals surface area contributed by atoms with Gasteiger partial charge in [-0.3, -0.25) is 4.68 Å². The summed E-state index contributed by atoms with van der Waals surface area (Å²) in [6, 6.07) is 8.62. The maximum absolute atomic E-state index is 5.97. The Balaban J connectivity index is 1.40. The number of guanidine groups is 1. The number of nitrogens with zero attached hydrogens (tertiary/aromatic N) is 6. The lowest BCUT2D eigenvalue weighted by molar-refractivity contribution is -0.00805. The summed E-state index contributed by atoms with van der Waals surface area (Å²) in [5.41, 5.74) is 3.54. The maximum Gasteiger partial charge on any atom is 0.194 e. The van der Waals surface area contributed by atoms with Crippen LogP contribution in [0.2, 0.25) is 0 Å². The Morgan fingerprint density at radius 3 is 2.80 bits per heavy atom. The standard InChI is InChI=1S/C22H29N7O/c1-3-24-22(29-10-11-30-21(16-29)20-13-26-27(2)15-20)25-12-18-4-6-19(7-5-18)14-28-9-8-23-17-28/h4-9,13,15,17,21H,3,10-12,14,16H2,1-2H3,(H,24,25). The van der Waals surface area contributed by atoms with E-state index in [4.69, 9.17) is 9.73 Å². The van der Waals surface area contributed by atoms with Crippen molar-refractivity contribution in [3.05, 3.63) is 72.1 Å². The molecule has 1 unspecified atom stereocenters. The molecule has 1 atom stereocenters. The quantitative estimate of drug-likeness (QED) is 0.501. The van der Waals surface area contributed by atoms with E-state index < -0.39 is 0 Å². The second kappa shape index (κ2) is 9.58. The molecule has 2 aromatic heterocycles. The lowest BCUT2D eigenvalue weighted by Crippen LogP contribution is -2.48. The van der Waals surface area contributed by atoms with Gasteiger partial charge >= 0.3 is 0 Å². The van der Waals surface area contributed by atoms with Gasteiger partial charge in [0.1, 0.15) is 6.10 Å². The average Bonchev–Trinajstić information content (AvgIpc) is 3.44. The number of hydrogen-bond acceptors (Lipinski definition) is 4. The molecule has 158 valence electrons. The molecule has 30 heavy (non-hydrogen) atoms. The molecule has 0 bridgehead atoms. The van der Waals surface area contributed by atoms with Crippen molar-refractivity contribution in [3.63, 3.8) is 0 Å². The fourth-order valence-electron chi connectivity index (χ4n) is 3.58. The van der Waals surface area contributed by atoms with Crippen LogP contribution in [0.1, 0.15) is 29.7 Å². The summed E-state index contributed by atoms with van der Waals surface area (Å²) in [6.45, 7) is 6.66. The Hall–Kier alpha value is -3.13. The summed E-state index contributed by atoms with van der Waals surface area (Å²) < 4.78 is 9.85. The molecule has 3 aromatic rings. The topological polar surface area (TPSA) is 72.5 Å². The van der Waals surface area contributed by atoms with Crippen LogP contribution in [0.25, 0.3) is 0 Å². The number of ether oxygens (including phenoxy) is 1. The SMILES string of the molecule is CCNC(=NCc1ccc(Cn2ccnc2)cc1)N1CCOC(c2cnn(C)c2)C1. The number of benzene rings is 1. The average molecular weight is 408 g/mol. The number of aliphatic imine (C=N–C) groups is 1. The van der Waals surface area contributed by atoms with Crippen LogP contribution in [-0.4, -0.2) is 56.4 Å². The summed E-state index contributed by atoms with van der Waals surface area (Å²) in [7, 11) is 1.93. The molecule has 1 aliphatic heterocycles. The molecule has 1 aromatic carbocycles. The zero-order valence-electron chi connectivity index (χ0n) is 17.6. The van der Waals surface area contributed by atoms with Crippen molar-refractivity contribution in [2.45, 2.75) is 26.1 Å². The van der Waals surface area contributed by atoms with Gasteiger partial charge in [-0.1, -0.05) is 24.3 Å². The van der Waals surface area contributed by atoms with Crippen molar-refractivity contribution >= 4 is 5.96 Å². The van der Waals surface area contributed by atoms with Crippen LogP contribution in [-0.2, 0) is 24.9 Å². The Bertz CT molecular complexity index is 946. The molecule has 8 nitrogen and oxygen atoms in total. The minimum Gasteiger partial charge on any atom is -0.370 e. The normalized spacial score (nSPS) is 17.3. The first-order valence-corrected chi connectivity index (χ1v) is 10.4. The predicted molar refractivity (Wildman–Crippen MR) is 116 cm³/mol. The zero-order valence-corrected chi connectivity index (χ0v) is 17.6. The Kier molecular flexibility index (Phi) is 6.44. The van der Waals surface area contributed by atoms with Crippen molar-refractivity contribution in [1.29, 1.82) is 0 Å². The zero-order chi connectivity index (χ0) is 20.8. The van der Waals surface area contributed by atoms with Crippen molar-refractivity contribution in [3.8, 4) is 0 Å². The highest BCUT2D eigenvalue weighted by Gasteiger charge is 2.25. The van der Waals surface area contributed by atoms with Gasteiger partial charge in [0.2, 0.25) is 0 Å². The van der Waals surface area contributed by atoms with Crippen molar-refractivity contribution in [1.82, 2.24) is 29.5 Å². The molecule has 3 heterocycles. The Morgan fingerprint density at radius 1 is 1.27 bits per heavy atom. The molecule has 0 saturated carbocycles. The molecule has 0 spiro atoms. The molecule has 0 amide bonds. The van der Waals surface area contributed by atoms with Gasteiger partial charge in [-0.15, -0.1) is 0 Å². The fraction of sp³-hybridized carbons (Fsp3) is 0.409. The largest absolute Gasteiger partial charge is 0.370 e. The number of nitrogens with one attached hydrogen (secondary N) is 1. The van der Waals surface area contributed by atoms with Crippen LogP contribution < -0.4 is 5.32 Å². The van der Waals surface area contributed by atoms with Crippen LogP contribution >= 0.6 is 0 Å². The van der Waals surface area contributed by atoms with E-state index >= 15 is 0 Å². The van der Waals surface area contributed by atoms with E-state index in [1.807, 2.05) is 36.6 Å². The molecule has 4 rings (SSSR count). The summed E-state index contributed by atoms with van der Waals surface area (Å²) in [6.07, 6.45) is 9.52. The third-order valence-electron chi connectivity index (χ3n) is 5.16. The Morgan fingerprint density at radius 2 is 2.10 bits per heavy atom. The van der Waals surface area contributed by atoms with Crippen LogP contribution in [0, 0.1) is 0 Å². The van der Waals surface area contributed by atoms with Gasteiger partial charge in [-0.2, -0.15) is 5.10 Å². The summed E-state index contributed by atoms with van der Waals surface area (Å²) >= 11 is 0. The predicted octanol–water partition coefficient (Wildman–Crippen LogP) is 2.20. The second-order valence-electron chi connectivity index (χ2n) is 7.47. The molecule has 1 aliphatic rings. The smallest absolute Gasteiger partial charge is 0.194 e. The number of morpholine rings is 1. The lowest BCUT2D eigenvalue weighted by Gasteiger charge is -2.34. The summed E-state index contributed by atoms with van der Waals surface area (Å²) in [4.78, 5) is 11.3. The van der Waals surface area contributed by atoms with E-state index in [9.17, 15) is 0 Å². The molecular formula is C22H29N7O. The Labute approximate surface area is 177 Å². The van der Waals surface area contributed by atoms with Crippen molar-refractivity contribution in [2.24, 2.45) is 12.0 Å². The van der Waals surface area contributed by atoms with E-state index in [2.05, 4.69) is 56.1 Å². The highest BCUT2D eigenvalue weighted by atomic mass is 16.5. The van der Waals surface area contributed by atoms with Crippen molar-refractivity contribution in [2.75, 3.05) is 26.2 Å². The van der Waals surface area contributed by atoms with Gasteiger partial charge in [0.25, 0.3) is 0 Å². The summed E-state index contributed by atoms with van der Waals surface area (Å²) in [5, 5.41) is 7.70. The number of hydrogen-bond donors (Lipinski definition) is 1. The van der Waals surface area contributed by atoms with Crippen molar-refractivity contribution < 1.29 is 4.74 Å². The van der Waals surface area contributed by atoms with Gasteiger partial charge in [0.05, 0.1) is 32.2 Å². The monoisotopic (exact) mass is 407 g/mol. The van der Waals surface area contributed by atoms with Gasteiger partial charge in [0, 0.05) is 50.8 Å².